The predicted octanol–water partition coefficient (Wildman–Crippen LogP) is 4.45. The molecule has 3 heteroatoms. The second-order valence-electron chi connectivity index (χ2n) is 5.62. The lowest BCUT2D eigenvalue weighted by Crippen LogP contribution is -2.09. The highest BCUT2D eigenvalue weighted by Gasteiger charge is 2.00. The predicted molar refractivity (Wildman–Crippen MR) is 90.9 cm³/mol. The van der Waals surface area contributed by atoms with Gasteiger partial charge in [-0.15, -0.1) is 0 Å². The van der Waals surface area contributed by atoms with Crippen molar-refractivity contribution in [3.8, 4) is 0 Å². The van der Waals surface area contributed by atoms with E-state index in [0.717, 1.165) is 5.57 Å². The van der Waals surface area contributed by atoms with Gasteiger partial charge in [-0.2, -0.15) is 0 Å². The summed E-state index contributed by atoms with van der Waals surface area (Å²) in [6.07, 6.45) is 0. The first kappa shape index (κ1) is 18.5. The van der Waals surface area contributed by atoms with Crippen LogP contribution in [-0.4, -0.2) is 26.4 Å². The minimum Gasteiger partial charge on any atom is -0.492 e. The average Bonchev–Trinajstić information content (AvgIpc) is 2.49. The first-order valence-electron chi connectivity index (χ1n) is 7.72. The van der Waals surface area contributed by atoms with E-state index >= 15 is 0 Å². The van der Waals surface area contributed by atoms with E-state index in [0.29, 0.717) is 44.7 Å². The van der Waals surface area contributed by atoms with Crippen LogP contribution in [0.15, 0.2) is 48.8 Å². The first-order valence-corrected chi connectivity index (χ1v) is 7.72. The van der Waals surface area contributed by atoms with Crippen molar-refractivity contribution in [1.29, 1.82) is 0 Å². The molecular formula is C19H28O3. The van der Waals surface area contributed by atoms with Gasteiger partial charge in [-0.25, -0.2) is 0 Å². The molecule has 0 fully saturated rings. The second-order valence-corrected chi connectivity index (χ2v) is 5.62. The summed E-state index contributed by atoms with van der Waals surface area (Å²) in [7, 11) is 0. The van der Waals surface area contributed by atoms with E-state index in [-0.39, 0.29) is 0 Å². The Morgan fingerprint density at radius 2 is 1.73 bits per heavy atom. The maximum Gasteiger partial charge on any atom is 0.114 e. The Morgan fingerprint density at radius 3 is 2.41 bits per heavy atom. The third-order valence-corrected chi connectivity index (χ3v) is 3.24. The maximum atomic E-state index is 5.62. The summed E-state index contributed by atoms with van der Waals surface area (Å²) in [6.45, 7) is 16.5. The molecule has 0 atom stereocenters. The van der Waals surface area contributed by atoms with Crippen LogP contribution in [0.4, 0.5) is 0 Å². The van der Waals surface area contributed by atoms with Gasteiger partial charge in [0.1, 0.15) is 12.4 Å². The van der Waals surface area contributed by atoms with Gasteiger partial charge in [0.25, 0.3) is 0 Å². The monoisotopic (exact) mass is 304 g/mol. The molecule has 3 nitrogen and oxygen atoms in total. The zero-order valence-electron chi connectivity index (χ0n) is 14.1. The Balaban J connectivity index is 2.07. The molecule has 22 heavy (non-hydrogen) atoms. The van der Waals surface area contributed by atoms with Crippen LogP contribution in [0.3, 0.4) is 0 Å². The maximum absolute atomic E-state index is 5.62. The van der Waals surface area contributed by atoms with Crippen molar-refractivity contribution in [3.63, 3.8) is 0 Å². The fourth-order valence-electron chi connectivity index (χ4n) is 1.80. The smallest absolute Gasteiger partial charge is 0.114 e. The quantitative estimate of drug-likeness (QED) is 0.343. The summed E-state index contributed by atoms with van der Waals surface area (Å²) >= 11 is 0. The number of rotatable bonds is 11. The molecular weight excluding hydrogens is 276 g/mol. The van der Waals surface area contributed by atoms with E-state index in [1.54, 1.807) is 0 Å². The Morgan fingerprint density at radius 1 is 1.05 bits per heavy atom. The molecule has 0 aromatic heterocycles. The number of hydrogen-bond acceptors (Lipinski definition) is 3. The molecule has 0 radical (unpaired) electrons. The Kier molecular flexibility index (Phi) is 8.56. The van der Waals surface area contributed by atoms with Crippen LogP contribution >= 0.6 is 0 Å². The molecule has 0 aliphatic rings. The fourth-order valence-corrected chi connectivity index (χ4v) is 1.80. The molecule has 0 spiro atoms. The van der Waals surface area contributed by atoms with E-state index in [2.05, 4.69) is 51.3 Å². The highest BCUT2D eigenvalue weighted by molar-refractivity contribution is 5.25. The summed E-state index contributed by atoms with van der Waals surface area (Å²) in [5, 5.41) is 0. The Bertz CT molecular complexity index is 477. The van der Waals surface area contributed by atoms with Crippen molar-refractivity contribution in [2.24, 2.45) is 0 Å². The number of ether oxygens (including phenoxy) is 3. The largest absolute Gasteiger partial charge is 0.492 e. The van der Waals surface area contributed by atoms with E-state index < -0.39 is 0 Å². The molecule has 0 N–H and O–H groups in total. The van der Waals surface area contributed by atoms with Crippen molar-refractivity contribution in [3.05, 3.63) is 59.9 Å². The fraction of sp³-hybridized carbons (Fsp3) is 0.474. The molecule has 0 unspecified atom stereocenters. The van der Waals surface area contributed by atoms with Crippen LogP contribution in [0.5, 0.6) is 0 Å². The van der Waals surface area contributed by atoms with Crippen molar-refractivity contribution in [2.75, 3.05) is 26.4 Å². The van der Waals surface area contributed by atoms with Crippen LogP contribution < -0.4 is 0 Å². The van der Waals surface area contributed by atoms with Crippen LogP contribution in [-0.2, 0) is 20.8 Å². The minimum atomic E-state index is 0.488. The summed E-state index contributed by atoms with van der Waals surface area (Å²) in [5.74, 6) is 1.15. The highest BCUT2D eigenvalue weighted by atomic mass is 16.5. The Labute approximate surface area is 134 Å². The molecule has 0 amide bonds. The zero-order valence-corrected chi connectivity index (χ0v) is 14.1. The molecule has 0 aliphatic carbocycles. The molecule has 0 saturated carbocycles. The number of hydrogen-bond donors (Lipinski definition) is 0. The summed E-state index contributed by atoms with van der Waals surface area (Å²) in [4.78, 5) is 0. The van der Waals surface area contributed by atoms with Crippen molar-refractivity contribution in [1.82, 2.24) is 0 Å². The summed E-state index contributed by atoms with van der Waals surface area (Å²) < 4.78 is 16.4. The first-order chi connectivity index (χ1) is 10.5. The van der Waals surface area contributed by atoms with Crippen LogP contribution in [0.2, 0.25) is 0 Å². The second kappa shape index (κ2) is 10.2. The molecule has 1 aromatic rings. The van der Waals surface area contributed by atoms with E-state index in [9.17, 15) is 0 Å². The van der Waals surface area contributed by atoms with Gasteiger partial charge in [0.05, 0.1) is 26.4 Å². The standard InChI is InChI=1S/C19H28O3/c1-15(2)17(5)22-12-11-20-9-10-21-14-18-7-6-8-19(13-18)16(3)4/h6-8,13,16H,1,5,9-12,14H2,2-4H3. The molecule has 0 aliphatic heterocycles. The van der Waals surface area contributed by atoms with Crippen LogP contribution in [0.1, 0.15) is 37.8 Å². The molecule has 0 bridgehead atoms. The lowest BCUT2D eigenvalue weighted by atomic mass is 10.0. The third kappa shape index (κ3) is 7.43. The lowest BCUT2D eigenvalue weighted by Gasteiger charge is -2.10. The van der Waals surface area contributed by atoms with Gasteiger partial charge in [-0.05, 0) is 29.5 Å². The van der Waals surface area contributed by atoms with E-state index in [1.165, 1.54) is 11.1 Å². The third-order valence-electron chi connectivity index (χ3n) is 3.24. The lowest BCUT2D eigenvalue weighted by molar-refractivity contribution is 0.0228. The van der Waals surface area contributed by atoms with Gasteiger partial charge in [0.2, 0.25) is 0 Å². The van der Waals surface area contributed by atoms with Gasteiger partial charge in [-0.3, -0.25) is 0 Å². The molecule has 1 rings (SSSR count). The molecule has 0 heterocycles. The number of allylic oxidation sites excluding steroid dienone is 1. The molecule has 1 aromatic carbocycles. The van der Waals surface area contributed by atoms with E-state index in [1.807, 2.05) is 6.92 Å². The van der Waals surface area contributed by atoms with Gasteiger partial charge in [0, 0.05) is 0 Å². The molecule has 122 valence electrons. The minimum absolute atomic E-state index is 0.488. The van der Waals surface area contributed by atoms with Crippen molar-refractivity contribution < 1.29 is 14.2 Å². The van der Waals surface area contributed by atoms with Gasteiger partial charge < -0.3 is 14.2 Å². The van der Waals surface area contributed by atoms with E-state index in [4.69, 9.17) is 14.2 Å². The van der Waals surface area contributed by atoms with Crippen LogP contribution in [0.25, 0.3) is 0 Å². The highest BCUT2D eigenvalue weighted by Crippen LogP contribution is 2.15. The van der Waals surface area contributed by atoms with Crippen LogP contribution in [0, 0.1) is 0 Å². The zero-order chi connectivity index (χ0) is 16.4. The normalized spacial score (nSPS) is 10.7. The molecule has 0 saturated heterocycles. The Hall–Kier alpha value is -1.58. The van der Waals surface area contributed by atoms with Gasteiger partial charge in [0.15, 0.2) is 0 Å². The van der Waals surface area contributed by atoms with Crippen molar-refractivity contribution in [2.45, 2.75) is 33.3 Å². The average molecular weight is 304 g/mol. The summed E-state index contributed by atoms with van der Waals surface area (Å²) in [5.41, 5.74) is 3.38. The number of benzene rings is 1. The van der Waals surface area contributed by atoms with Crippen molar-refractivity contribution >= 4 is 0 Å². The van der Waals surface area contributed by atoms with Gasteiger partial charge >= 0.3 is 0 Å². The SMILES string of the molecule is C=C(C)C(=C)OCCOCCOCc1cccc(C(C)C)c1. The summed E-state index contributed by atoms with van der Waals surface area (Å²) in [6, 6.07) is 8.51. The topological polar surface area (TPSA) is 27.7 Å². The van der Waals surface area contributed by atoms with Gasteiger partial charge in [-0.1, -0.05) is 51.3 Å².